The van der Waals surface area contributed by atoms with Crippen molar-refractivity contribution >= 4 is 5.69 Å². The number of nitrogens with two attached hydrogens (primary N) is 1. The van der Waals surface area contributed by atoms with Gasteiger partial charge in [0, 0.05) is 26.8 Å². The molecule has 0 fully saturated rings. The third kappa shape index (κ3) is 3.00. The number of nitrogens with zero attached hydrogens (tertiary/aromatic N) is 1. The van der Waals surface area contributed by atoms with Crippen LogP contribution in [-0.2, 0) is 9.47 Å². The van der Waals surface area contributed by atoms with Gasteiger partial charge in [0.25, 0.3) is 5.69 Å². The van der Waals surface area contributed by atoms with Crippen LogP contribution in [0.4, 0.5) is 5.69 Å². The van der Waals surface area contributed by atoms with Crippen molar-refractivity contribution in [2.24, 2.45) is 5.73 Å². The van der Waals surface area contributed by atoms with Gasteiger partial charge < -0.3 is 15.2 Å². The Labute approximate surface area is 99.5 Å². The van der Waals surface area contributed by atoms with Crippen LogP contribution in [0.1, 0.15) is 11.7 Å². The zero-order valence-electron chi connectivity index (χ0n) is 9.83. The van der Waals surface area contributed by atoms with E-state index in [1.165, 1.54) is 20.3 Å². The lowest BCUT2D eigenvalue weighted by molar-refractivity contribution is -0.386. The lowest BCUT2D eigenvalue weighted by Crippen LogP contribution is -2.31. The molecule has 2 atom stereocenters. The van der Waals surface area contributed by atoms with Crippen LogP contribution in [-0.4, -0.2) is 31.8 Å². The molecular weight excluding hydrogens is 224 g/mol. The molecule has 0 amide bonds. The molecule has 0 radical (unpaired) electrons. The van der Waals surface area contributed by atoms with Gasteiger partial charge >= 0.3 is 0 Å². The Bertz CT molecular complexity index is 379. The second kappa shape index (κ2) is 6.29. The minimum absolute atomic E-state index is 0.00912. The minimum Gasteiger partial charge on any atom is -0.377 e. The van der Waals surface area contributed by atoms with Crippen molar-refractivity contribution in [1.82, 2.24) is 0 Å². The number of rotatable bonds is 6. The lowest BCUT2D eigenvalue weighted by atomic mass is 10.0. The molecule has 6 heteroatoms. The molecule has 0 saturated heterocycles. The summed E-state index contributed by atoms with van der Waals surface area (Å²) in [5.74, 6) is 0. The van der Waals surface area contributed by atoms with E-state index in [1.54, 1.807) is 18.2 Å². The Morgan fingerprint density at radius 1 is 1.35 bits per heavy atom. The molecule has 0 aliphatic rings. The Kier molecular flexibility index (Phi) is 5.02. The van der Waals surface area contributed by atoms with Crippen LogP contribution in [0.2, 0.25) is 0 Å². The van der Waals surface area contributed by atoms with Crippen LogP contribution in [0.5, 0.6) is 0 Å². The van der Waals surface area contributed by atoms with Crippen LogP contribution in [0.15, 0.2) is 24.3 Å². The van der Waals surface area contributed by atoms with E-state index >= 15 is 0 Å². The molecule has 0 heterocycles. The van der Waals surface area contributed by atoms with E-state index in [9.17, 15) is 10.1 Å². The third-order valence-corrected chi connectivity index (χ3v) is 2.57. The predicted octanol–water partition coefficient (Wildman–Crippen LogP) is 1.26. The predicted molar refractivity (Wildman–Crippen MR) is 62.7 cm³/mol. The van der Waals surface area contributed by atoms with E-state index in [0.717, 1.165) is 0 Å². The van der Waals surface area contributed by atoms with Crippen molar-refractivity contribution in [2.75, 3.05) is 20.8 Å². The first-order valence-corrected chi connectivity index (χ1v) is 5.14. The molecule has 0 bridgehead atoms. The quantitative estimate of drug-likeness (QED) is 0.597. The summed E-state index contributed by atoms with van der Waals surface area (Å²) in [5.41, 5.74) is 6.03. The summed E-state index contributed by atoms with van der Waals surface area (Å²) >= 11 is 0. The Morgan fingerprint density at radius 3 is 2.47 bits per heavy atom. The van der Waals surface area contributed by atoms with Crippen molar-refractivity contribution in [3.8, 4) is 0 Å². The summed E-state index contributed by atoms with van der Waals surface area (Å²) in [6, 6.07) is 6.41. The second-order valence-corrected chi connectivity index (χ2v) is 3.48. The molecule has 0 spiro atoms. The first-order valence-electron chi connectivity index (χ1n) is 5.14. The number of para-hydroxylation sites is 1. The first-order chi connectivity index (χ1) is 8.15. The zero-order chi connectivity index (χ0) is 12.8. The Morgan fingerprint density at radius 2 is 2.00 bits per heavy atom. The molecule has 6 nitrogen and oxygen atoms in total. The van der Waals surface area contributed by atoms with Gasteiger partial charge in [-0.3, -0.25) is 10.1 Å². The maximum absolute atomic E-state index is 10.9. The average Bonchev–Trinajstić information content (AvgIpc) is 2.35. The number of nitro benzene ring substituents is 1. The molecule has 94 valence electrons. The van der Waals surface area contributed by atoms with E-state index in [0.29, 0.717) is 5.56 Å². The van der Waals surface area contributed by atoms with Crippen LogP contribution < -0.4 is 5.73 Å². The van der Waals surface area contributed by atoms with E-state index in [4.69, 9.17) is 15.2 Å². The molecule has 1 aromatic rings. The number of hydrogen-bond donors (Lipinski definition) is 1. The average molecular weight is 240 g/mol. The summed E-state index contributed by atoms with van der Waals surface area (Å²) in [6.07, 6.45) is -0.965. The number of ether oxygens (including phenoxy) is 2. The fraction of sp³-hybridized carbons (Fsp3) is 0.455. The number of methoxy groups -OCH3 is 2. The number of benzene rings is 1. The van der Waals surface area contributed by atoms with E-state index in [-0.39, 0.29) is 12.2 Å². The largest absolute Gasteiger partial charge is 0.377 e. The molecule has 0 aromatic heterocycles. The standard InChI is InChI=1S/C11H16N2O4/c1-16-10(7-12)11(17-2)8-5-3-4-6-9(8)13(14)15/h3-6,10-11H,7,12H2,1-2H3/t10-,11-/m1/s1. The monoisotopic (exact) mass is 240 g/mol. The molecule has 1 rings (SSSR count). The molecule has 0 aliphatic heterocycles. The van der Waals surface area contributed by atoms with Crippen LogP contribution in [0.3, 0.4) is 0 Å². The van der Waals surface area contributed by atoms with Gasteiger partial charge in [-0.1, -0.05) is 12.1 Å². The normalized spacial score (nSPS) is 14.3. The van der Waals surface area contributed by atoms with Crippen LogP contribution >= 0.6 is 0 Å². The van der Waals surface area contributed by atoms with Gasteiger partial charge in [0.15, 0.2) is 0 Å². The first kappa shape index (κ1) is 13.6. The van der Waals surface area contributed by atoms with Crippen molar-refractivity contribution in [2.45, 2.75) is 12.2 Å². The lowest BCUT2D eigenvalue weighted by Gasteiger charge is -2.23. The highest BCUT2D eigenvalue weighted by atomic mass is 16.6. The van der Waals surface area contributed by atoms with Gasteiger partial charge in [0.2, 0.25) is 0 Å². The maximum Gasteiger partial charge on any atom is 0.275 e. The van der Waals surface area contributed by atoms with Crippen molar-refractivity contribution < 1.29 is 14.4 Å². The highest BCUT2D eigenvalue weighted by Gasteiger charge is 2.28. The Balaban J connectivity index is 3.15. The van der Waals surface area contributed by atoms with Crippen molar-refractivity contribution in [3.63, 3.8) is 0 Å². The smallest absolute Gasteiger partial charge is 0.275 e. The molecule has 0 aliphatic carbocycles. The third-order valence-electron chi connectivity index (χ3n) is 2.57. The van der Waals surface area contributed by atoms with Crippen molar-refractivity contribution in [1.29, 1.82) is 0 Å². The van der Waals surface area contributed by atoms with Crippen LogP contribution in [0.25, 0.3) is 0 Å². The topological polar surface area (TPSA) is 87.6 Å². The maximum atomic E-state index is 10.9. The fourth-order valence-corrected chi connectivity index (χ4v) is 1.72. The molecule has 2 N–H and O–H groups in total. The van der Waals surface area contributed by atoms with Gasteiger partial charge in [-0.15, -0.1) is 0 Å². The van der Waals surface area contributed by atoms with Gasteiger partial charge in [-0.2, -0.15) is 0 Å². The summed E-state index contributed by atoms with van der Waals surface area (Å²) < 4.78 is 10.4. The van der Waals surface area contributed by atoms with Gasteiger partial charge in [0.1, 0.15) is 6.10 Å². The van der Waals surface area contributed by atoms with Gasteiger partial charge in [0.05, 0.1) is 16.6 Å². The van der Waals surface area contributed by atoms with Crippen LogP contribution in [0, 0.1) is 10.1 Å². The summed E-state index contributed by atoms with van der Waals surface area (Å²) in [5, 5.41) is 10.9. The van der Waals surface area contributed by atoms with E-state index in [2.05, 4.69) is 0 Å². The molecule has 1 aromatic carbocycles. The molecule has 0 unspecified atom stereocenters. The molecule has 17 heavy (non-hydrogen) atoms. The second-order valence-electron chi connectivity index (χ2n) is 3.48. The summed E-state index contributed by atoms with van der Waals surface area (Å²) in [6.45, 7) is 0.223. The van der Waals surface area contributed by atoms with Crippen molar-refractivity contribution in [3.05, 3.63) is 39.9 Å². The van der Waals surface area contributed by atoms with E-state index in [1.807, 2.05) is 0 Å². The van der Waals surface area contributed by atoms with Gasteiger partial charge in [-0.25, -0.2) is 0 Å². The summed E-state index contributed by atoms with van der Waals surface area (Å²) in [4.78, 5) is 10.5. The molecular formula is C11H16N2O4. The summed E-state index contributed by atoms with van der Waals surface area (Å²) in [7, 11) is 2.97. The number of nitro groups is 1. The van der Waals surface area contributed by atoms with Gasteiger partial charge in [-0.05, 0) is 6.07 Å². The molecule has 0 saturated carbocycles. The van der Waals surface area contributed by atoms with E-state index < -0.39 is 17.1 Å². The minimum atomic E-state index is -0.549. The Hall–Kier alpha value is -1.50. The highest BCUT2D eigenvalue weighted by molar-refractivity contribution is 5.42. The zero-order valence-corrected chi connectivity index (χ0v) is 9.83. The number of hydrogen-bond acceptors (Lipinski definition) is 5. The highest BCUT2D eigenvalue weighted by Crippen LogP contribution is 2.30. The SMILES string of the molecule is CO[C@H](c1ccccc1[N+](=O)[O-])[C@@H](CN)OC. The fourth-order valence-electron chi connectivity index (χ4n) is 1.72.